The zero-order valence-electron chi connectivity index (χ0n) is 41.6. The van der Waals surface area contributed by atoms with Gasteiger partial charge in [-0.05, 0) is 126 Å². The monoisotopic (exact) mass is 1020 g/mol. The minimum absolute atomic E-state index is 0.169. The first-order valence-corrected chi connectivity index (χ1v) is 26.3. The van der Waals surface area contributed by atoms with Gasteiger partial charge in [0.25, 0.3) is 10.1 Å². The lowest BCUT2D eigenvalue weighted by Crippen LogP contribution is -2.41. The lowest BCUT2D eigenvalue weighted by atomic mass is 9.78. The van der Waals surface area contributed by atoms with Crippen molar-refractivity contribution in [2.24, 2.45) is 0 Å². The van der Waals surface area contributed by atoms with Gasteiger partial charge in [-0.3, -0.25) is 14.1 Å². The number of benzene rings is 6. The van der Waals surface area contributed by atoms with E-state index in [0.29, 0.717) is 18.5 Å². The number of nitrogens with zero attached hydrogens (tertiary/aromatic N) is 3. The van der Waals surface area contributed by atoms with E-state index in [1.807, 2.05) is 60.7 Å². The van der Waals surface area contributed by atoms with E-state index in [4.69, 9.17) is 19.1 Å². The first-order chi connectivity index (χ1) is 35.0. The number of allylic oxidation sites excluding steroid dienone is 6. The van der Waals surface area contributed by atoms with E-state index < -0.39 is 20.9 Å². The normalized spacial score (nSPS) is 17.7. The smallest absolute Gasteiger partial charge is 0.302 e. The average molecular weight is 1020 g/mol. The fourth-order valence-corrected chi connectivity index (χ4v) is 11.9. The average Bonchev–Trinajstić information content (AvgIpc) is 3.93. The van der Waals surface area contributed by atoms with Crippen LogP contribution in [-0.2, 0) is 49.4 Å². The van der Waals surface area contributed by atoms with Crippen molar-refractivity contribution in [3.05, 3.63) is 180 Å². The Balaban J connectivity index is 1.16. The van der Waals surface area contributed by atoms with E-state index in [2.05, 4.69) is 120 Å². The fourth-order valence-electron chi connectivity index (χ4n) is 11.0. The summed E-state index contributed by atoms with van der Waals surface area (Å²) in [6.07, 6.45) is 12.5. The van der Waals surface area contributed by atoms with E-state index in [0.717, 1.165) is 102 Å². The van der Waals surface area contributed by atoms with Crippen molar-refractivity contribution in [1.29, 1.82) is 0 Å². The number of carbonyl (C=O) groups is 2. The second-order valence-electron chi connectivity index (χ2n) is 19.4. The molecule has 9 rings (SSSR count). The summed E-state index contributed by atoms with van der Waals surface area (Å²) in [5.41, 5.74) is 9.54. The maximum atomic E-state index is 12.1. The lowest BCUT2D eigenvalue weighted by molar-refractivity contribution is -0.440. The molecule has 13 nitrogen and oxygen atoms in total. The van der Waals surface area contributed by atoms with Crippen LogP contribution < -0.4 is 9.80 Å². The zero-order chi connectivity index (χ0) is 51.7. The van der Waals surface area contributed by atoms with Gasteiger partial charge in [-0.15, -0.1) is 4.33 Å². The summed E-state index contributed by atoms with van der Waals surface area (Å²) in [4.78, 5) is 29.2. The Labute approximate surface area is 430 Å². The molecular formula is C58H58N3O10S2+. The number of hydrogen-bond donors (Lipinski definition) is 2. The van der Waals surface area contributed by atoms with Gasteiger partial charge in [0.2, 0.25) is 5.69 Å². The van der Waals surface area contributed by atoms with Gasteiger partial charge in [0, 0.05) is 58.9 Å². The molecule has 1 atom stereocenters. The largest absolute Gasteiger partial charge is 0.464 e. The van der Waals surface area contributed by atoms with Crippen LogP contribution in [0.15, 0.2) is 178 Å². The Kier molecular flexibility index (Phi) is 14.6. The molecule has 6 aromatic rings. The van der Waals surface area contributed by atoms with E-state index in [9.17, 15) is 22.6 Å². The van der Waals surface area contributed by atoms with Crippen molar-refractivity contribution in [3.8, 4) is 0 Å². The second-order valence-corrected chi connectivity index (χ2v) is 21.6. The van der Waals surface area contributed by atoms with Crippen molar-refractivity contribution >= 4 is 84.1 Å². The third-order valence-corrected chi connectivity index (χ3v) is 15.5. The summed E-state index contributed by atoms with van der Waals surface area (Å²) < 4.78 is 52.2. The quantitative estimate of drug-likeness (QED) is 0.0223. The Bertz CT molecular complexity index is 3360. The van der Waals surface area contributed by atoms with E-state index in [1.54, 1.807) is 6.07 Å². The molecule has 0 spiro atoms. The zero-order valence-corrected chi connectivity index (χ0v) is 43.2. The number of esters is 2. The molecule has 2 heterocycles. The van der Waals surface area contributed by atoms with Crippen LogP contribution in [0, 0.1) is 0 Å². The highest BCUT2D eigenvalue weighted by Gasteiger charge is 2.46. The van der Waals surface area contributed by atoms with Gasteiger partial charge in [0.15, 0.2) is 18.9 Å². The maximum absolute atomic E-state index is 12.1. The third kappa shape index (κ3) is 10.3. The van der Waals surface area contributed by atoms with Gasteiger partial charge in [-0.2, -0.15) is 13.0 Å². The molecule has 0 bridgehead atoms. The van der Waals surface area contributed by atoms with Crippen molar-refractivity contribution < 1.29 is 51.2 Å². The molecule has 0 amide bonds. The number of ether oxygens (including phenoxy) is 2. The van der Waals surface area contributed by atoms with Crippen LogP contribution >= 0.6 is 12.0 Å². The van der Waals surface area contributed by atoms with E-state index in [-0.39, 0.29) is 36.1 Å². The van der Waals surface area contributed by atoms with E-state index >= 15 is 0 Å². The lowest BCUT2D eigenvalue weighted by Gasteiger charge is -2.32. The highest BCUT2D eigenvalue weighted by molar-refractivity contribution is 7.94. The van der Waals surface area contributed by atoms with Crippen molar-refractivity contribution in [2.75, 3.05) is 36.1 Å². The van der Waals surface area contributed by atoms with Crippen LogP contribution in [0.3, 0.4) is 0 Å². The predicted molar refractivity (Wildman–Crippen MR) is 286 cm³/mol. The SMILES string of the molecule is CC(=O)OCCN1c2ccc3cc(S(=O)(=O)O)ccc3c2C(C)(C)C1C=CC=C1CCC(C=CC2=[N+](CCOC(C)=O)c3ccc4cc(SOOO)ccc4c3C2(C)C)=C1N(c1ccccc1)c1ccccc1. The Morgan fingerprint density at radius 2 is 1.44 bits per heavy atom. The molecule has 1 aliphatic carbocycles. The predicted octanol–water partition coefficient (Wildman–Crippen LogP) is 12.3. The molecular weight excluding hydrogens is 963 g/mol. The fraction of sp³-hybridized carbons (Fsp3) is 0.259. The van der Waals surface area contributed by atoms with Crippen LogP contribution in [0.4, 0.5) is 22.7 Å². The number of hydrogen-bond acceptors (Lipinski definition) is 12. The highest BCUT2D eigenvalue weighted by Crippen LogP contribution is 2.50. The summed E-state index contributed by atoms with van der Waals surface area (Å²) >= 11 is 0.914. The molecule has 0 saturated heterocycles. The molecule has 376 valence electrons. The van der Waals surface area contributed by atoms with Crippen molar-refractivity contribution in [2.45, 2.75) is 81.0 Å². The van der Waals surface area contributed by atoms with Gasteiger partial charge in [-0.1, -0.05) is 97.8 Å². The Morgan fingerprint density at radius 1 is 0.795 bits per heavy atom. The minimum atomic E-state index is -4.41. The van der Waals surface area contributed by atoms with Crippen LogP contribution in [-0.4, -0.2) is 72.8 Å². The van der Waals surface area contributed by atoms with Gasteiger partial charge < -0.3 is 19.3 Å². The van der Waals surface area contributed by atoms with Gasteiger partial charge in [-0.25, -0.2) is 5.26 Å². The standard InChI is InChI=1S/C58H57N3O10S2/c1-38(62)68-34-32-59-50-30-23-43-37-47(73(65,66)67)26-28-49(43)55(50)57(3,4)52(59)19-13-14-40-20-21-41(56(40)61(44-15-9-7-10-16-44)45-17-11-8-12-18-45)24-31-53-58(5,6)54-48-27-25-46(72-71-70-64)36-42(48)22-29-51(54)60(53)33-35-69-39(2)63/h7-19,22-31,36-37,52H,20-21,32-35H2,1-6H3,(H-,64,65,66,67)/p+1. The molecule has 0 saturated carbocycles. The number of fused-ring (bicyclic) bond motifs is 6. The van der Waals surface area contributed by atoms with Gasteiger partial charge in [0.05, 0.1) is 40.6 Å². The molecule has 2 N–H and O–H groups in total. The minimum Gasteiger partial charge on any atom is -0.464 e. The molecule has 3 aliphatic rings. The maximum Gasteiger partial charge on any atom is 0.302 e. The Morgan fingerprint density at radius 3 is 2.11 bits per heavy atom. The molecule has 73 heavy (non-hydrogen) atoms. The van der Waals surface area contributed by atoms with Crippen LogP contribution in [0.25, 0.3) is 21.5 Å². The van der Waals surface area contributed by atoms with Crippen LogP contribution in [0.1, 0.15) is 65.5 Å². The third-order valence-electron chi connectivity index (χ3n) is 14.1. The van der Waals surface area contributed by atoms with E-state index in [1.165, 1.54) is 26.0 Å². The topological polar surface area (TPSA) is 155 Å². The number of rotatable bonds is 17. The molecule has 0 aromatic heterocycles. The van der Waals surface area contributed by atoms with Gasteiger partial charge in [0.1, 0.15) is 6.61 Å². The molecule has 1 unspecified atom stereocenters. The summed E-state index contributed by atoms with van der Waals surface area (Å²) in [7, 11) is -4.41. The number of anilines is 3. The second kappa shape index (κ2) is 20.9. The summed E-state index contributed by atoms with van der Waals surface area (Å²) in [6, 6.07) is 39.2. The Hall–Kier alpha value is -6.85. The number of carbonyl (C=O) groups excluding carboxylic acids is 2. The molecule has 6 aromatic carbocycles. The van der Waals surface area contributed by atoms with Gasteiger partial charge >= 0.3 is 11.9 Å². The summed E-state index contributed by atoms with van der Waals surface area (Å²) in [5, 5.41) is 16.3. The van der Waals surface area contributed by atoms with Crippen LogP contribution in [0.2, 0.25) is 0 Å². The van der Waals surface area contributed by atoms with Crippen molar-refractivity contribution in [3.63, 3.8) is 0 Å². The molecule has 15 heteroatoms. The summed E-state index contributed by atoms with van der Waals surface area (Å²) in [6.45, 7) is 12.9. The number of para-hydroxylation sites is 2. The molecule has 0 fully saturated rings. The van der Waals surface area contributed by atoms with Crippen molar-refractivity contribution in [1.82, 2.24) is 0 Å². The summed E-state index contributed by atoms with van der Waals surface area (Å²) in [5.74, 6) is -0.706. The first-order valence-electron chi connectivity index (χ1n) is 24.1. The van der Waals surface area contributed by atoms with Crippen LogP contribution in [0.5, 0.6) is 0 Å². The first kappa shape index (κ1) is 51.1. The highest BCUT2D eigenvalue weighted by atomic mass is 32.2. The molecule has 0 radical (unpaired) electrons. The molecule has 2 aliphatic heterocycles.